The van der Waals surface area contributed by atoms with Gasteiger partial charge in [0.25, 0.3) is 0 Å². The molecular formula is C12H17N3O3. The zero-order chi connectivity index (χ0) is 13.5. The van der Waals surface area contributed by atoms with Crippen molar-refractivity contribution in [3.63, 3.8) is 0 Å². The molecule has 0 aliphatic heterocycles. The number of hydrogen-bond donors (Lipinski definition) is 4. The highest BCUT2D eigenvalue weighted by Crippen LogP contribution is 2.09. The molecule has 1 aromatic rings. The highest BCUT2D eigenvalue weighted by molar-refractivity contribution is 5.87. The molecule has 6 heteroatoms. The van der Waals surface area contributed by atoms with E-state index in [0.29, 0.717) is 13.0 Å². The molecule has 0 aliphatic rings. The number of carbonyl (C=O) groups is 2. The van der Waals surface area contributed by atoms with E-state index in [2.05, 4.69) is 5.32 Å². The van der Waals surface area contributed by atoms with Crippen molar-refractivity contribution in [2.24, 2.45) is 11.5 Å². The molecule has 6 N–H and O–H groups in total. The number of primary amides is 1. The van der Waals surface area contributed by atoms with Gasteiger partial charge in [0, 0.05) is 6.54 Å². The van der Waals surface area contributed by atoms with E-state index in [0.717, 1.165) is 5.56 Å². The van der Waals surface area contributed by atoms with Crippen LogP contribution in [-0.4, -0.2) is 29.5 Å². The lowest BCUT2D eigenvalue weighted by atomic mass is 10.1. The second kappa shape index (κ2) is 6.61. The minimum Gasteiger partial charge on any atom is -0.508 e. The molecule has 18 heavy (non-hydrogen) atoms. The Morgan fingerprint density at radius 2 is 1.89 bits per heavy atom. The number of aromatic hydroxyl groups is 1. The fraction of sp³-hybridized carbons (Fsp3) is 0.333. The van der Waals surface area contributed by atoms with Gasteiger partial charge in [-0.15, -0.1) is 0 Å². The number of nitrogens with two attached hydrogens (primary N) is 2. The molecule has 2 amide bonds. The second-order valence-corrected chi connectivity index (χ2v) is 3.98. The topological polar surface area (TPSA) is 118 Å². The van der Waals surface area contributed by atoms with Crippen LogP contribution in [0.3, 0.4) is 0 Å². The standard InChI is InChI=1S/C12H17N3O3/c13-10(7-11(14)17)12(18)15-6-5-8-1-3-9(16)4-2-8/h1-4,10,16H,5-7,13H2,(H2,14,17)(H,15,18). The Balaban J connectivity index is 2.31. The Bertz CT molecular complexity index is 417. The molecule has 1 unspecified atom stereocenters. The first-order valence-corrected chi connectivity index (χ1v) is 5.58. The van der Waals surface area contributed by atoms with E-state index in [9.17, 15) is 9.59 Å². The Kier molecular flexibility index (Phi) is 5.13. The van der Waals surface area contributed by atoms with E-state index in [1.807, 2.05) is 0 Å². The summed E-state index contributed by atoms with van der Waals surface area (Å²) in [5, 5.41) is 11.7. The third-order valence-corrected chi connectivity index (χ3v) is 2.41. The highest BCUT2D eigenvalue weighted by Gasteiger charge is 2.14. The van der Waals surface area contributed by atoms with Gasteiger partial charge < -0.3 is 21.9 Å². The summed E-state index contributed by atoms with van der Waals surface area (Å²) in [6.07, 6.45) is 0.459. The Morgan fingerprint density at radius 1 is 1.28 bits per heavy atom. The van der Waals surface area contributed by atoms with Crippen molar-refractivity contribution in [3.8, 4) is 5.75 Å². The fourth-order valence-electron chi connectivity index (χ4n) is 1.43. The number of phenolic OH excluding ortho intramolecular Hbond substituents is 1. The molecule has 1 rings (SSSR count). The first-order valence-electron chi connectivity index (χ1n) is 5.58. The van der Waals surface area contributed by atoms with Crippen LogP contribution in [0.15, 0.2) is 24.3 Å². The minimum atomic E-state index is -0.901. The van der Waals surface area contributed by atoms with Crippen LogP contribution < -0.4 is 16.8 Å². The van der Waals surface area contributed by atoms with E-state index in [1.54, 1.807) is 24.3 Å². The maximum absolute atomic E-state index is 11.4. The third-order valence-electron chi connectivity index (χ3n) is 2.41. The summed E-state index contributed by atoms with van der Waals surface area (Å²) in [4.78, 5) is 22.0. The van der Waals surface area contributed by atoms with Crippen LogP contribution in [0.2, 0.25) is 0 Å². The maximum atomic E-state index is 11.4. The van der Waals surface area contributed by atoms with Crippen LogP contribution in [0.25, 0.3) is 0 Å². The molecule has 0 aliphatic carbocycles. The number of benzene rings is 1. The molecular weight excluding hydrogens is 234 g/mol. The molecule has 6 nitrogen and oxygen atoms in total. The smallest absolute Gasteiger partial charge is 0.237 e. The Labute approximate surface area is 105 Å². The van der Waals surface area contributed by atoms with Crippen LogP contribution in [0.5, 0.6) is 5.75 Å². The van der Waals surface area contributed by atoms with Gasteiger partial charge in [-0.25, -0.2) is 0 Å². The number of carbonyl (C=O) groups excluding carboxylic acids is 2. The number of hydrogen-bond acceptors (Lipinski definition) is 4. The van der Waals surface area contributed by atoms with Gasteiger partial charge in [-0.05, 0) is 24.1 Å². The maximum Gasteiger partial charge on any atom is 0.237 e. The molecule has 0 bridgehead atoms. The van der Waals surface area contributed by atoms with Crippen molar-refractivity contribution in [2.45, 2.75) is 18.9 Å². The monoisotopic (exact) mass is 251 g/mol. The first-order chi connectivity index (χ1) is 8.49. The molecule has 0 saturated carbocycles. The van der Waals surface area contributed by atoms with Gasteiger partial charge in [0.15, 0.2) is 0 Å². The van der Waals surface area contributed by atoms with Crippen molar-refractivity contribution in [1.82, 2.24) is 5.32 Å². The van der Waals surface area contributed by atoms with Crippen molar-refractivity contribution >= 4 is 11.8 Å². The van der Waals surface area contributed by atoms with Gasteiger partial charge in [0.2, 0.25) is 11.8 Å². The molecule has 0 saturated heterocycles. The van der Waals surface area contributed by atoms with E-state index in [-0.39, 0.29) is 12.2 Å². The van der Waals surface area contributed by atoms with Gasteiger partial charge in [-0.3, -0.25) is 9.59 Å². The molecule has 0 fully saturated rings. The number of amides is 2. The SMILES string of the molecule is NC(=O)CC(N)C(=O)NCCc1ccc(O)cc1. The van der Waals surface area contributed by atoms with Crippen LogP contribution in [0, 0.1) is 0 Å². The fourth-order valence-corrected chi connectivity index (χ4v) is 1.43. The second-order valence-electron chi connectivity index (χ2n) is 3.98. The van der Waals surface area contributed by atoms with Gasteiger partial charge in [0.1, 0.15) is 5.75 Å². The highest BCUT2D eigenvalue weighted by atomic mass is 16.3. The molecule has 0 radical (unpaired) electrons. The van der Waals surface area contributed by atoms with Gasteiger partial charge in [-0.2, -0.15) is 0 Å². The quantitative estimate of drug-likeness (QED) is 0.532. The first kappa shape index (κ1) is 14.0. The lowest BCUT2D eigenvalue weighted by Gasteiger charge is -2.10. The van der Waals surface area contributed by atoms with Crippen LogP contribution in [-0.2, 0) is 16.0 Å². The summed E-state index contributed by atoms with van der Waals surface area (Å²) in [6.45, 7) is 0.413. The summed E-state index contributed by atoms with van der Waals surface area (Å²) in [5.74, 6) is -0.796. The number of rotatable bonds is 6. The van der Waals surface area contributed by atoms with E-state index < -0.39 is 17.9 Å². The molecule has 98 valence electrons. The van der Waals surface area contributed by atoms with Gasteiger partial charge >= 0.3 is 0 Å². The summed E-state index contributed by atoms with van der Waals surface area (Å²) in [7, 11) is 0. The normalized spacial score (nSPS) is 11.8. The van der Waals surface area contributed by atoms with Gasteiger partial charge in [-0.1, -0.05) is 12.1 Å². The summed E-state index contributed by atoms with van der Waals surface area (Å²) in [5.41, 5.74) is 11.4. The van der Waals surface area contributed by atoms with Crippen molar-refractivity contribution in [1.29, 1.82) is 0 Å². The Morgan fingerprint density at radius 3 is 2.44 bits per heavy atom. The van der Waals surface area contributed by atoms with Crippen LogP contribution >= 0.6 is 0 Å². The van der Waals surface area contributed by atoms with Crippen LogP contribution in [0.4, 0.5) is 0 Å². The zero-order valence-corrected chi connectivity index (χ0v) is 9.93. The van der Waals surface area contributed by atoms with Gasteiger partial charge in [0.05, 0.1) is 12.5 Å². The van der Waals surface area contributed by atoms with Crippen molar-refractivity contribution in [3.05, 3.63) is 29.8 Å². The summed E-state index contributed by atoms with van der Waals surface area (Å²) < 4.78 is 0. The molecule has 0 heterocycles. The average Bonchev–Trinajstić information content (AvgIpc) is 2.30. The Hall–Kier alpha value is -2.08. The summed E-state index contributed by atoms with van der Waals surface area (Å²) >= 11 is 0. The van der Waals surface area contributed by atoms with Crippen molar-refractivity contribution < 1.29 is 14.7 Å². The molecule has 1 atom stereocenters. The van der Waals surface area contributed by atoms with Crippen molar-refractivity contribution in [2.75, 3.05) is 6.54 Å². The predicted molar refractivity (Wildman–Crippen MR) is 66.6 cm³/mol. The molecule has 1 aromatic carbocycles. The zero-order valence-electron chi connectivity index (χ0n) is 9.93. The number of nitrogens with one attached hydrogen (secondary N) is 1. The van der Waals surface area contributed by atoms with E-state index in [1.165, 1.54) is 0 Å². The third kappa shape index (κ3) is 4.84. The lowest BCUT2D eigenvalue weighted by Crippen LogP contribution is -2.43. The number of phenols is 1. The lowest BCUT2D eigenvalue weighted by molar-refractivity contribution is -0.126. The van der Waals surface area contributed by atoms with Crippen LogP contribution in [0.1, 0.15) is 12.0 Å². The average molecular weight is 251 g/mol. The predicted octanol–water partition coefficient (Wildman–Crippen LogP) is -0.746. The molecule has 0 spiro atoms. The summed E-state index contributed by atoms with van der Waals surface area (Å²) in [6, 6.07) is 5.80. The molecule has 0 aromatic heterocycles. The minimum absolute atomic E-state index is 0.162. The van der Waals surface area contributed by atoms with E-state index in [4.69, 9.17) is 16.6 Å². The largest absolute Gasteiger partial charge is 0.508 e. The van der Waals surface area contributed by atoms with E-state index >= 15 is 0 Å².